The van der Waals surface area contributed by atoms with Crippen molar-refractivity contribution in [1.29, 1.82) is 5.26 Å². The summed E-state index contributed by atoms with van der Waals surface area (Å²) in [6.07, 6.45) is 2.99. The molecular formula is C25H23ClN2O4. The lowest BCUT2D eigenvalue weighted by Crippen LogP contribution is -2.23. The SMILES string of the molecule is Cc1ccc(OCCOc2ccc(/C=C(\C#N)C(=O)NCc3ccco3)cc2Cl)cc1C. The lowest BCUT2D eigenvalue weighted by molar-refractivity contribution is -0.117. The molecule has 7 heteroatoms. The molecule has 32 heavy (non-hydrogen) atoms. The van der Waals surface area contributed by atoms with Crippen LogP contribution in [0.4, 0.5) is 0 Å². The summed E-state index contributed by atoms with van der Waals surface area (Å²) in [4.78, 5) is 12.2. The highest BCUT2D eigenvalue weighted by Crippen LogP contribution is 2.26. The van der Waals surface area contributed by atoms with Crippen LogP contribution >= 0.6 is 11.6 Å². The number of furan rings is 1. The Morgan fingerprint density at radius 1 is 1.12 bits per heavy atom. The van der Waals surface area contributed by atoms with E-state index >= 15 is 0 Å². The van der Waals surface area contributed by atoms with Gasteiger partial charge in [-0.05, 0) is 73.0 Å². The van der Waals surface area contributed by atoms with Crippen LogP contribution in [0.15, 0.2) is 64.8 Å². The van der Waals surface area contributed by atoms with E-state index in [0.29, 0.717) is 35.3 Å². The fraction of sp³-hybridized carbons (Fsp3) is 0.200. The quantitative estimate of drug-likeness (QED) is 0.274. The molecule has 1 N–H and O–H groups in total. The average molecular weight is 451 g/mol. The molecule has 1 heterocycles. The predicted molar refractivity (Wildman–Crippen MR) is 123 cm³/mol. The third-order valence-corrected chi connectivity index (χ3v) is 5.02. The van der Waals surface area contributed by atoms with Crippen LogP contribution in [-0.2, 0) is 11.3 Å². The number of aryl methyl sites for hydroxylation is 2. The average Bonchev–Trinajstić information content (AvgIpc) is 3.30. The number of nitrogens with one attached hydrogen (secondary N) is 1. The van der Waals surface area contributed by atoms with E-state index in [1.54, 1.807) is 30.3 Å². The van der Waals surface area contributed by atoms with Crippen molar-refractivity contribution >= 4 is 23.6 Å². The zero-order chi connectivity index (χ0) is 22.9. The summed E-state index contributed by atoms with van der Waals surface area (Å²) in [6, 6.07) is 16.4. The lowest BCUT2D eigenvalue weighted by Gasteiger charge is -2.11. The van der Waals surface area contributed by atoms with Crippen LogP contribution in [0.25, 0.3) is 6.08 Å². The standard InChI is InChI=1S/C25H23ClN2O4/c1-17-5-7-21(12-18(17)2)31-10-11-32-24-8-6-19(14-23(24)26)13-20(15-27)25(29)28-16-22-4-3-9-30-22/h3-9,12-14H,10-11,16H2,1-2H3,(H,28,29)/b20-13+. The van der Waals surface area contributed by atoms with Crippen molar-refractivity contribution in [2.24, 2.45) is 0 Å². The third-order valence-electron chi connectivity index (χ3n) is 4.72. The number of hydrogen-bond acceptors (Lipinski definition) is 5. The van der Waals surface area contributed by atoms with Gasteiger partial charge in [-0.3, -0.25) is 4.79 Å². The molecule has 6 nitrogen and oxygen atoms in total. The second kappa shape index (κ2) is 11.1. The zero-order valence-electron chi connectivity index (χ0n) is 17.9. The summed E-state index contributed by atoms with van der Waals surface area (Å²) in [6.45, 7) is 4.98. The summed E-state index contributed by atoms with van der Waals surface area (Å²) < 4.78 is 16.6. The number of nitriles is 1. The Morgan fingerprint density at radius 3 is 2.62 bits per heavy atom. The largest absolute Gasteiger partial charge is 0.490 e. The van der Waals surface area contributed by atoms with E-state index in [-0.39, 0.29) is 12.1 Å². The Balaban J connectivity index is 1.54. The van der Waals surface area contributed by atoms with E-state index < -0.39 is 5.91 Å². The van der Waals surface area contributed by atoms with E-state index in [0.717, 1.165) is 5.75 Å². The van der Waals surface area contributed by atoms with Gasteiger partial charge in [0.05, 0.1) is 17.8 Å². The maximum absolute atomic E-state index is 12.2. The normalized spacial score (nSPS) is 11.0. The van der Waals surface area contributed by atoms with E-state index in [4.69, 9.17) is 25.5 Å². The molecule has 0 atom stereocenters. The summed E-state index contributed by atoms with van der Waals surface area (Å²) in [5.74, 6) is 1.39. The van der Waals surface area contributed by atoms with Crippen molar-refractivity contribution in [1.82, 2.24) is 5.32 Å². The second-order valence-corrected chi connectivity index (χ2v) is 7.47. The van der Waals surface area contributed by atoms with Crippen LogP contribution in [0, 0.1) is 25.2 Å². The molecule has 0 spiro atoms. The molecule has 0 radical (unpaired) electrons. The van der Waals surface area contributed by atoms with Gasteiger partial charge >= 0.3 is 0 Å². The predicted octanol–water partition coefficient (Wildman–Crippen LogP) is 5.23. The van der Waals surface area contributed by atoms with Gasteiger partial charge in [0.2, 0.25) is 0 Å². The molecule has 0 saturated heterocycles. The fourth-order valence-corrected chi connectivity index (χ4v) is 3.07. The van der Waals surface area contributed by atoms with Crippen LogP contribution in [0.5, 0.6) is 11.5 Å². The molecule has 0 aliphatic heterocycles. The molecule has 164 valence electrons. The number of nitrogens with zero attached hydrogens (tertiary/aromatic N) is 1. The summed E-state index contributed by atoms with van der Waals surface area (Å²) in [7, 11) is 0. The fourth-order valence-electron chi connectivity index (χ4n) is 2.83. The van der Waals surface area contributed by atoms with Gasteiger partial charge in [0.25, 0.3) is 5.91 Å². The van der Waals surface area contributed by atoms with E-state index in [2.05, 4.69) is 12.2 Å². The van der Waals surface area contributed by atoms with E-state index in [1.165, 1.54) is 23.5 Å². The van der Waals surface area contributed by atoms with Gasteiger partial charge in [0.15, 0.2) is 0 Å². The maximum Gasteiger partial charge on any atom is 0.262 e. The molecule has 1 aromatic heterocycles. The number of ether oxygens (including phenoxy) is 2. The minimum Gasteiger partial charge on any atom is -0.490 e. The first-order valence-corrected chi connectivity index (χ1v) is 10.4. The van der Waals surface area contributed by atoms with Crippen molar-refractivity contribution in [3.8, 4) is 17.6 Å². The van der Waals surface area contributed by atoms with E-state index in [1.807, 2.05) is 31.2 Å². The van der Waals surface area contributed by atoms with Crippen LogP contribution in [0.3, 0.4) is 0 Å². The molecule has 1 amide bonds. The van der Waals surface area contributed by atoms with Gasteiger partial charge in [-0.2, -0.15) is 5.26 Å². The molecule has 0 fully saturated rings. The number of hydrogen-bond donors (Lipinski definition) is 1. The van der Waals surface area contributed by atoms with Crippen LogP contribution in [0.2, 0.25) is 5.02 Å². The van der Waals surface area contributed by atoms with Crippen molar-refractivity contribution < 1.29 is 18.7 Å². The zero-order valence-corrected chi connectivity index (χ0v) is 18.6. The number of halogens is 1. The molecule has 0 unspecified atom stereocenters. The Hall–Kier alpha value is -3.69. The van der Waals surface area contributed by atoms with Gasteiger partial charge < -0.3 is 19.2 Å². The highest BCUT2D eigenvalue weighted by molar-refractivity contribution is 6.32. The molecular weight excluding hydrogens is 428 g/mol. The lowest BCUT2D eigenvalue weighted by atomic mass is 10.1. The monoisotopic (exact) mass is 450 g/mol. The minimum atomic E-state index is -0.496. The molecule has 0 bridgehead atoms. The summed E-state index contributed by atoms with van der Waals surface area (Å²) in [5, 5.41) is 12.3. The second-order valence-electron chi connectivity index (χ2n) is 7.06. The maximum atomic E-state index is 12.2. The Labute approximate surface area is 192 Å². The molecule has 3 rings (SSSR count). The van der Waals surface area contributed by atoms with Crippen LogP contribution in [-0.4, -0.2) is 19.1 Å². The van der Waals surface area contributed by atoms with Crippen molar-refractivity contribution in [2.45, 2.75) is 20.4 Å². The van der Waals surface area contributed by atoms with Crippen molar-refractivity contribution in [3.05, 3.63) is 87.8 Å². The third kappa shape index (κ3) is 6.40. The number of benzene rings is 2. The van der Waals surface area contributed by atoms with E-state index in [9.17, 15) is 10.1 Å². The minimum absolute atomic E-state index is 0.0388. The number of carbonyl (C=O) groups is 1. The topological polar surface area (TPSA) is 84.5 Å². The molecule has 0 aliphatic rings. The van der Waals surface area contributed by atoms with Gasteiger partial charge in [-0.15, -0.1) is 0 Å². The number of rotatable bonds is 9. The Morgan fingerprint density at radius 2 is 1.94 bits per heavy atom. The van der Waals surface area contributed by atoms with Crippen molar-refractivity contribution in [3.63, 3.8) is 0 Å². The van der Waals surface area contributed by atoms with Gasteiger partial charge in [0, 0.05) is 0 Å². The highest BCUT2D eigenvalue weighted by Gasteiger charge is 2.11. The first kappa shape index (κ1) is 23.0. The summed E-state index contributed by atoms with van der Waals surface area (Å²) >= 11 is 6.31. The molecule has 3 aromatic rings. The first-order chi connectivity index (χ1) is 15.5. The first-order valence-electron chi connectivity index (χ1n) is 10.0. The number of carbonyl (C=O) groups excluding carboxylic acids is 1. The molecule has 2 aromatic carbocycles. The van der Waals surface area contributed by atoms with Gasteiger partial charge in [-0.1, -0.05) is 23.7 Å². The van der Waals surface area contributed by atoms with Gasteiger partial charge in [-0.25, -0.2) is 0 Å². The summed E-state index contributed by atoms with van der Waals surface area (Å²) in [5.41, 5.74) is 2.95. The highest BCUT2D eigenvalue weighted by atomic mass is 35.5. The molecule has 0 saturated carbocycles. The van der Waals surface area contributed by atoms with Crippen LogP contribution in [0.1, 0.15) is 22.5 Å². The number of amides is 1. The smallest absolute Gasteiger partial charge is 0.262 e. The van der Waals surface area contributed by atoms with Crippen LogP contribution < -0.4 is 14.8 Å². The van der Waals surface area contributed by atoms with Gasteiger partial charge in [0.1, 0.15) is 42.1 Å². The Kier molecular flexibility index (Phi) is 7.96. The molecule has 0 aliphatic carbocycles. The van der Waals surface area contributed by atoms with Crippen molar-refractivity contribution in [2.75, 3.05) is 13.2 Å². The Bertz CT molecular complexity index is 1150.